The molecule has 2 atom stereocenters. The van der Waals surface area contributed by atoms with Crippen LogP contribution in [0.15, 0.2) is 58.3 Å². The van der Waals surface area contributed by atoms with Crippen LogP contribution in [0.25, 0.3) is 21.9 Å². The molecule has 2 aliphatic heterocycles. The Balaban J connectivity index is 1.14. The normalized spacial score (nSPS) is 18.7. The van der Waals surface area contributed by atoms with E-state index in [1.54, 1.807) is 23.6 Å². The van der Waals surface area contributed by atoms with Crippen molar-refractivity contribution in [2.24, 2.45) is 5.73 Å². The minimum absolute atomic E-state index is 0.0457. The Kier molecular flexibility index (Phi) is 6.98. The third kappa shape index (κ3) is 5.17. The predicted octanol–water partition coefficient (Wildman–Crippen LogP) is 2.88. The highest BCUT2D eigenvalue weighted by Crippen LogP contribution is 2.35. The van der Waals surface area contributed by atoms with Crippen LogP contribution in [0.5, 0.6) is 0 Å². The summed E-state index contributed by atoms with van der Waals surface area (Å²) >= 11 is 1.39. The van der Waals surface area contributed by atoms with Crippen LogP contribution in [-0.4, -0.2) is 66.6 Å². The molecule has 0 aliphatic carbocycles. The van der Waals surface area contributed by atoms with Crippen molar-refractivity contribution in [1.29, 1.82) is 5.41 Å². The average Bonchev–Trinajstić information content (AvgIpc) is 3.77. The van der Waals surface area contributed by atoms with Gasteiger partial charge in [-0.1, -0.05) is 18.2 Å². The fourth-order valence-electron chi connectivity index (χ4n) is 5.37. The van der Waals surface area contributed by atoms with Crippen LogP contribution in [0.2, 0.25) is 0 Å². The Morgan fingerprint density at radius 2 is 1.85 bits per heavy atom. The molecule has 4 aromatic rings. The van der Waals surface area contributed by atoms with Gasteiger partial charge in [0.2, 0.25) is 11.8 Å². The van der Waals surface area contributed by atoms with E-state index in [4.69, 9.17) is 25.0 Å². The number of hydrogen-bond acceptors (Lipinski definition) is 8. The number of amidine groups is 1. The molecule has 0 radical (unpaired) electrons. The maximum Gasteiger partial charge on any atom is 0.251 e. The van der Waals surface area contributed by atoms with Gasteiger partial charge in [0.25, 0.3) is 5.91 Å². The Hall–Kier alpha value is -4.26. The summed E-state index contributed by atoms with van der Waals surface area (Å²) < 4.78 is 17.5. The number of fused-ring (bicyclic) bond motifs is 3. The van der Waals surface area contributed by atoms with E-state index in [2.05, 4.69) is 10.6 Å². The summed E-state index contributed by atoms with van der Waals surface area (Å²) in [5, 5.41) is 16.9. The van der Waals surface area contributed by atoms with E-state index in [-0.39, 0.29) is 37.3 Å². The molecule has 212 valence electrons. The molecule has 0 unspecified atom stereocenters. The van der Waals surface area contributed by atoms with Gasteiger partial charge in [0, 0.05) is 38.6 Å². The minimum Gasteiger partial charge on any atom is -0.456 e. The maximum atomic E-state index is 13.4. The number of ether oxygens (including phenoxy) is 2. The number of hydrogen-bond donors (Lipinski definition) is 4. The molecule has 0 saturated carbocycles. The standard InChI is InChI=1S/C29H29N5O6S/c1-16(24-11-18(14-41-24)26(30)31)33-28(37)21-12-29(38-8-9-39-29)15-34(21)25(35)13-32-27(36)17-6-7-20-19-4-2-3-5-22(19)40-23(20)10-17/h2-7,10-11,14,16,21H,8-9,12-13,15H2,1H3,(H3,30,31)(H,32,36)(H,33,37)/t16-,21+/m1/s1. The SMILES string of the molecule is C[C@@H](NC(=O)[C@@H]1CC2(CN1C(=O)CNC(=O)c1ccc3c(c1)oc1ccccc13)OCCO2)c1cc(C(=N)N)cs1. The second-order valence-electron chi connectivity index (χ2n) is 10.2. The van der Waals surface area contributed by atoms with Crippen molar-refractivity contribution < 1.29 is 28.3 Å². The molecule has 6 rings (SSSR count). The number of nitrogens with one attached hydrogen (secondary N) is 3. The summed E-state index contributed by atoms with van der Waals surface area (Å²) in [5.41, 5.74) is 7.82. The molecule has 4 heterocycles. The molecule has 2 aromatic carbocycles. The smallest absolute Gasteiger partial charge is 0.251 e. The quantitative estimate of drug-likeness (QED) is 0.195. The van der Waals surface area contributed by atoms with Gasteiger partial charge in [-0.3, -0.25) is 19.8 Å². The lowest BCUT2D eigenvalue weighted by Crippen LogP contribution is -2.49. The first kappa shape index (κ1) is 26.9. The van der Waals surface area contributed by atoms with Crippen molar-refractivity contribution in [3.05, 3.63) is 69.9 Å². The number of likely N-dealkylation sites (tertiary alicyclic amines) is 1. The number of thiophene rings is 1. The van der Waals surface area contributed by atoms with E-state index in [1.807, 2.05) is 37.3 Å². The van der Waals surface area contributed by atoms with E-state index < -0.39 is 23.6 Å². The van der Waals surface area contributed by atoms with Crippen LogP contribution in [-0.2, 0) is 19.1 Å². The third-order valence-electron chi connectivity index (χ3n) is 7.49. The molecule has 3 amide bonds. The van der Waals surface area contributed by atoms with E-state index >= 15 is 0 Å². The Morgan fingerprint density at radius 1 is 1.10 bits per heavy atom. The third-order valence-corrected chi connectivity index (χ3v) is 8.60. The van der Waals surface area contributed by atoms with Gasteiger partial charge in [-0.15, -0.1) is 11.3 Å². The lowest BCUT2D eigenvalue weighted by molar-refractivity contribution is -0.152. The molecule has 12 heteroatoms. The van der Waals surface area contributed by atoms with Crippen molar-refractivity contribution in [3.63, 3.8) is 0 Å². The van der Waals surface area contributed by atoms with Crippen LogP contribution >= 0.6 is 11.3 Å². The molecule has 2 fully saturated rings. The zero-order valence-electron chi connectivity index (χ0n) is 22.3. The number of furan rings is 1. The van der Waals surface area contributed by atoms with Gasteiger partial charge in [0.15, 0.2) is 5.79 Å². The first-order chi connectivity index (χ1) is 19.7. The fourth-order valence-corrected chi connectivity index (χ4v) is 6.29. The summed E-state index contributed by atoms with van der Waals surface area (Å²) in [6.45, 7) is 2.34. The minimum atomic E-state index is -1.05. The van der Waals surface area contributed by atoms with Crippen LogP contribution in [0.1, 0.15) is 40.2 Å². The Labute approximate surface area is 239 Å². The van der Waals surface area contributed by atoms with Gasteiger partial charge >= 0.3 is 0 Å². The molecule has 2 aromatic heterocycles. The summed E-state index contributed by atoms with van der Waals surface area (Å²) in [6.07, 6.45) is 0.178. The van der Waals surface area contributed by atoms with Gasteiger partial charge in [-0.25, -0.2) is 0 Å². The lowest BCUT2D eigenvalue weighted by atomic mass is 10.1. The van der Waals surface area contributed by atoms with E-state index in [0.29, 0.717) is 29.9 Å². The maximum absolute atomic E-state index is 13.4. The molecule has 5 N–H and O–H groups in total. The average molecular weight is 576 g/mol. The molecular formula is C29H29N5O6S. The molecule has 11 nitrogen and oxygen atoms in total. The molecule has 2 aliphatic rings. The first-order valence-electron chi connectivity index (χ1n) is 13.2. The topological polar surface area (TPSA) is 160 Å². The summed E-state index contributed by atoms with van der Waals surface area (Å²) in [4.78, 5) is 42.0. The largest absolute Gasteiger partial charge is 0.456 e. The van der Waals surface area contributed by atoms with E-state index in [1.165, 1.54) is 16.2 Å². The van der Waals surface area contributed by atoms with Crippen molar-refractivity contribution >= 4 is 56.8 Å². The summed E-state index contributed by atoms with van der Waals surface area (Å²) in [5.74, 6) is -2.32. The van der Waals surface area contributed by atoms with E-state index in [9.17, 15) is 14.4 Å². The molecule has 0 bridgehead atoms. The highest BCUT2D eigenvalue weighted by Gasteiger charge is 2.52. The number of nitrogens with zero attached hydrogens (tertiary/aromatic N) is 1. The summed E-state index contributed by atoms with van der Waals surface area (Å²) in [7, 11) is 0. The van der Waals surface area contributed by atoms with Crippen LogP contribution in [0, 0.1) is 5.41 Å². The highest BCUT2D eigenvalue weighted by molar-refractivity contribution is 7.10. The number of benzene rings is 2. The first-order valence-corrected chi connectivity index (χ1v) is 14.1. The number of carbonyl (C=O) groups is 3. The monoisotopic (exact) mass is 575 g/mol. The van der Waals surface area contributed by atoms with Gasteiger partial charge in [0.05, 0.1) is 32.3 Å². The zero-order chi connectivity index (χ0) is 28.7. The predicted molar refractivity (Wildman–Crippen MR) is 153 cm³/mol. The van der Waals surface area contributed by atoms with Gasteiger partial charge in [-0.2, -0.15) is 0 Å². The number of amides is 3. The van der Waals surface area contributed by atoms with Crippen molar-refractivity contribution in [2.75, 3.05) is 26.3 Å². The molecule has 41 heavy (non-hydrogen) atoms. The van der Waals surface area contributed by atoms with Crippen molar-refractivity contribution in [1.82, 2.24) is 15.5 Å². The number of para-hydroxylation sites is 1. The van der Waals surface area contributed by atoms with Gasteiger partial charge < -0.3 is 35.2 Å². The second-order valence-corrected chi connectivity index (χ2v) is 11.2. The number of nitrogens with two attached hydrogens (primary N) is 1. The Bertz CT molecular complexity index is 1670. The second kappa shape index (κ2) is 10.6. The molecular weight excluding hydrogens is 546 g/mol. The van der Waals surface area contributed by atoms with E-state index in [0.717, 1.165) is 21.2 Å². The molecule has 2 saturated heterocycles. The zero-order valence-corrected chi connectivity index (χ0v) is 23.1. The van der Waals surface area contributed by atoms with Crippen LogP contribution in [0.4, 0.5) is 0 Å². The Morgan fingerprint density at radius 3 is 2.61 bits per heavy atom. The summed E-state index contributed by atoms with van der Waals surface area (Å²) in [6, 6.07) is 13.3. The molecule has 1 spiro atoms. The number of nitrogen functional groups attached to an aromatic ring is 1. The fraction of sp³-hybridized carbons (Fsp3) is 0.310. The number of carbonyl (C=O) groups excluding carboxylic acids is 3. The van der Waals surface area contributed by atoms with Crippen LogP contribution < -0.4 is 16.4 Å². The highest BCUT2D eigenvalue weighted by atomic mass is 32.1. The van der Waals surface area contributed by atoms with Crippen molar-refractivity contribution in [3.8, 4) is 0 Å². The van der Waals surface area contributed by atoms with Crippen molar-refractivity contribution in [2.45, 2.75) is 31.2 Å². The number of rotatable bonds is 7. The van der Waals surface area contributed by atoms with Gasteiger partial charge in [0.1, 0.15) is 23.0 Å². The van der Waals surface area contributed by atoms with Crippen LogP contribution in [0.3, 0.4) is 0 Å². The van der Waals surface area contributed by atoms with Gasteiger partial charge in [-0.05, 0) is 37.3 Å². The lowest BCUT2D eigenvalue weighted by Gasteiger charge is -2.25.